The molecule has 8 rings (SSSR count). The maximum absolute atomic E-state index is 14.9. The van der Waals surface area contributed by atoms with Crippen LogP contribution in [-0.2, 0) is 15.5 Å². The molecule has 44 heavy (non-hydrogen) atoms. The third-order valence-electron chi connectivity index (χ3n) is 14.3. The van der Waals surface area contributed by atoms with Gasteiger partial charge in [0.15, 0.2) is 8.32 Å². The summed E-state index contributed by atoms with van der Waals surface area (Å²) in [5.41, 5.74) is -0.786. The number of para-hydroxylation sites is 1. The largest absolute Gasteiger partial charge is 0.414 e. The number of benzene rings is 1. The summed E-state index contributed by atoms with van der Waals surface area (Å²) >= 11 is 2.57. The van der Waals surface area contributed by atoms with Crippen molar-refractivity contribution in [2.45, 2.75) is 122 Å². The average Bonchev–Trinajstić information content (AvgIpc) is 3.47. The third kappa shape index (κ3) is 3.73. The topological polar surface area (TPSA) is 58.2 Å². The smallest absolute Gasteiger partial charge is 0.352 e. The molecule has 4 aliphatic carbocycles. The molecule has 0 amide bonds. The number of alkyl halides is 1. The second-order valence-electron chi connectivity index (χ2n) is 17.1. The molecular weight excluding hydrogens is 677 g/mol. The molecule has 9 atom stereocenters. The van der Waals surface area contributed by atoms with Gasteiger partial charge in [0.1, 0.15) is 0 Å². The quantitative estimate of drug-likeness (QED) is 0.136. The maximum atomic E-state index is 14.9. The minimum absolute atomic E-state index is 0.0592. The molecule has 2 spiro atoms. The first-order chi connectivity index (χ1) is 20.6. The molecule has 0 N–H and O–H groups in total. The highest BCUT2D eigenvalue weighted by atomic mass is 127. The Hall–Kier alpha value is -1.39. The maximum Gasteiger partial charge on any atom is 0.352 e. The van der Waals surface area contributed by atoms with E-state index in [9.17, 15) is 9.59 Å². The highest BCUT2D eigenvalue weighted by Crippen LogP contribution is 2.74. The summed E-state index contributed by atoms with van der Waals surface area (Å²) in [7, 11) is -2.04. The highest BCUT2D eigenvalue weighted by molar-refractivity contribution is 14.1. The second kappa shape index (κ2) is 9.81. The van der Waals surface area contributed by atoms with Crippen molar-refractivity contribution in [3.8, 4) is 5.69 Å². The third-order valence-corrected chi connectivity index (χ3v) is 20.2. The summed E-state index contributed by atoms with van der Waals surface area (Å²) in [6.07, 6.45) is 12.3. The molecule has 6 nitrogen and oxygen atoms in total. The van der Waals surface area contributed by atoms with Crippen LogP contribution < -0.4 is 11.4 Å². The van der Waals surface area contributed by atoms with Crippen LogP contribution in [0.5, 0.6) is 0 Å². The van der Waals surface area contributed by atoms with E-state index in [1.54, 1.807) is 0 Å². The fraction of sp³-hybridized carbons (Fsp3) is 0.722. The monoisotopic (exact) mass is 729 g/mol. The normalized spacial score (nSPS) is 39.8. The summed E-state index contributed by atoms with van der Waals surface area (Å²) in [6.45, 7) is 19.0. The Kier molecular flexibility index (Phi) is 6.96. The molecule has 1 unspecified atom stereocenters. The lowest BCUT2D eigenvalue weighted by Gasteiger charge is -2.71. The Balaban J connectivity index is 1.47. The summed E-state index contributed by atoms with van der Waals surface area (Å²) in [5, 5.41) is 0.104. The van der Waals surface area contributed by atoms with Gasteiger partial charge in [0, 0.05) is 22.4 Å². The van der Waals surface area contributed by atoms with Gasteiger partial charge < -0.3 is 4.43 Å². The highest BCUT2D eigenvalue weighted by Gasteiger charge is 2.75. The summed E-state index contributed by atoms with van der Waals surface area (Å²) < 4.78 is 13.8. The van der Waals surface area contributed by atoms with Crippen molar-refractivity contribution in [1.82, 2.24) is 13.9 Å². The van der Waals surface area contributed by atoms with Gasteiger partial charge in [-0.3, -0.25) is 0 Å². The van der Waals surface area contributed by atoms with Crippen LogP contribution in [-0.4, -0.2) is 32.8 Å². The number of halogens is 1. The number of hydrogen-bond donors (Lipinski definition) is 0. The van der Waals surface area contributed by atoms with Crippen molar-refractivity contribution >= 4 is 30.9 Å². The van der Waals surface area contributed by atoms with Crippen LogP contribution >= 0.6 is 22.6 Å². The molecule has 2 bridgehead atoms. The van der Waals surface area contributed by atoms with Gasteiger partial charge in [0.25, 0.3) is 0 Å². The Morgan fingerprint density at radius 3 is 2.30 bits per heavy atom. The van der Waals surface area contributed by atoms with Crippen molar-refractivity contribution in [2.24, 2.45) is 34.5 Å². The Bertz CT molecular complexity index is 1620. The van der Waals surface area contributed by atoms with E-state index in [0.29, 0.717) is 29.4 Å². The van der Waals surface area contributed by atoms with Crippen LogP contribution in [0.3, 0.4) is 0 Å². The van der Waals surface area contributed by atoms with Gasteiger partial charge in [0.05, 0.1) is 16.8 Å². The molecule has 1 aromatic heterocycles. The minimum atomic E-state index is -2.04. The summed E-state index contributed by atoms with van der Waals surface area (Å²) in [5.74, 6) is 1.91. The molecule has 2 aromatic rings. The fourth-order valence-corrected chi connectivity index (χ4v) is 13.2. The van der Waals surface area contributed by atoms with E-state index in [0.717, 1.165) is 36.5 Å². The van der Waals surface area contributed by atoms with Gasteiger partial charge in [-0.1, -0.05) is 94.5 Å². The zero-order valence-electron chi connectivity index (χ0n) is 28.0. The number of allylic oxidation sites excluding steroid dienone is 2. The van der Waals surface area contributed by atoms with Crippen LogP contribution in [0.4, 0.5) is 0 Å². The molecule has 2 aliphatic heterocycles. The molecule has 3 fully saturated rings. The number of nitrogens with zero attached hydrogens (tertiary/aromatic N) is 3. The SMILES string of the molecule is C[C@@H](CI)[C@H]1CC[C@@H]2[C@]1(C)CC[C@H]1[C@]23C=C[C@]2(CC(O[Si](C)(C)C(C)(C)C)CC[C@]12C)n1c(=O)n(-c2ccccc2)c(=O)n13. The fourth-order valence-electron chi connectivity index (χ4n) is 11.2. The zero-order valence-corrected chi connectivity index (χ0v) is 31.2. The van der Waals surface area contributed by atoms with E-state index >= 15 is 0 Å². The van der Waals surface area contributed by atoms with Crippen LogP contribution in [0, 0.1) is 34.5 Å². The number of hydrogen-bond acceptors (Lipinski definition) is 3. The summed E-state index contributed by atoms with van der Waals surface area (Å²) in [6, 6.07) is 9.60. The molecular formula is C36H52IN3O3Si. The van der Waals surface area contributed by atoms with Crippen LogP contribution in [0.25, 0.3) is 5.69 Å². The van der Waals surface area contributed by atoms with Gasteiger partial charge in [-0.2, -0.15) is 0 Å². The predicted octanol–water partition coefficient (Wildman–Crippen LogP) is 7.87. The summed E-state index contributed by atoms with van der Waals surface area (Å²) in [4.78, 5) is 29.8. The Morgan fingerprint density at radius 2 is 1.64 bits per heavy atom. The van der Waals surface area contributed by atoms with E-state index in [1.807, 2.05) is 39.7 Å². The lowest BCUT2D eigenvalue weighted by molar-refractivity contribution is -0.198. The molecule has 6 aliphatic rings. The predicted molar refractivity (Wildman–Crippen MR) is 189 cm³/mol. The van der Waals surface area contributed by atoms with Crippen molar-refractivity contribution in [3.05, 3.63) is 63.5 Å². The number of rotatable bonds is 5. The van der Waals surface area contributed by atoms with Crippen LogP contribution in [0.2, 0.25) is 18.1 Å². The molecule has 3 heterocycles. The molecule has 1 aromatic carbocycles. The lowest BCUT2D eigenvalue weighted by atomic mass is 9.40. The van der Waals surface area contributed by atoms with Crippen molar-refractivity contribution in [3.63, 3.8) is 0 Å². The number of aromatic nitrogens is 3. The van der Waals surface area contributed by atoms with Crippen molar-refractivity contribution in [1.29, 1.82) is 0 Å². The molecule has 8 heteroatoms. The van der Waals surface area contributed by atoms with E-state index < -0.39 is 19.4 Å². The molecule has 240 valence electrons. The van der Waals surface area contributed by atoms with Crippen LogP contribution in [0.15, 0.2) is 52.1 Å². The molecule has 0 radical (unpaired) electrons. The van der Waals surface area contributed by atoms with Gasteiger partial charge in [-0.25, -0.2) is 23.5 Å². The van der Waals surface area contributed by atoms with E-state index in [1.165, 1.54) is 17.4 Å². The standard InChI is InChI=1S/C36H52IN3O3Si/c1-24(23-37)27-14-15-28-33(27,5)18-17-29-34(6)19-16-26(43-44(7,8)32(2,3)4)22-35(34)20-21-36(28,29)40-31(42)38(30(41)39(35)40)25-12-10-9-11-13-25/h9-13,20-21,24,26-29H,14-19,22-23H2,1-8H3/t24-,26?,27+,28+,29+,33+,34+,35+,36-/m0/s1. The van der Waals surface area contributed by atoms with Crippen LogP contribution in [0.1, 0.15) is 86.5 Å². The average molecular weight is 730 g/mol. The van der Waals surface area contributed by atoms with Crippen molar-refractivity contribution < 1.29 is 4.43 Å². The van der Waals surface area contributed by atoms with Gasteiger partial charge in [-0.15, -0.1) is 0 Å². The molecule has 3 saturated carbocycles. The van der Waals surface area contributed by atoms with E-state index in [2.05, 4.69) is 89.4 Å². The van der Waals surface area contributed by atoms with Gasteiger partial charge in [-0.05, 0) is 97.9 Å². The Morgan fingerprint density at radius 1 is 0.955 bits per heavy atom. The first kappa shape index (κ1) is 31.2. The van der Waals surface area contributed by atoms with E-state index in [4.69, 9.17) is 4.43 Å². The van der Waals surface area contributed by atoms with Crippen molar-refractivity contribution in [2.75, 3.05) is 4.43 Å². The van der Waals surface area contributed by atoms with Gasteiger partial charge in [0.2, 0.25) is 0 Å². The zero-order chi connectivity index (χ0) is 31.7. The lowest BCUT2D eigenvalue weighted by Crippen LogP contribution is -2.76. The minimum Gasteiger partial charge on any atom is -0.414 e. The van der Waals surface area contributed by atoms with Gasteiger partial charge >= 0.3 is 11.4 Å². The van der Waals surface area contributed by atoms with E-state index in [-0.39, 0.29) is 33.4 Å². The number of fused-ring (bicyclic) bond motifs is 1. The first-order valence-corrected chi connectivity index (χ1v) is 21.5. The molecule has 0 saturated heterocycles. The Labute approximate surface area is 277 Å². The first-order valence-electron chi connectivity index (χ1n) is 17.1. The second-order valence-corrected chi connectivity index (χ2v) is 22.8.